The van der Waals surface area contributed by atoms with Gasteiger partial charge in [-0.3, -0.25) is 9.48 Å². The zero-order valence-corrected chi connectivity index (χ0v) is 18.6. The van der Waals surface area contributed by atoms with Gasteiger partial charge in [-0.1, -0.05) is 30.3 Å². The largest absolute Gasteiger partial charge is 0.486 e. The highest BCUT2D eigenvalue weighted by atomic mass is 19.1. The standard InChI is InChI=1S/C26H22F3N3O2/c1-16-25(17(2)32(31-16)14-20-7-3-4-9-22(20)28)30-26(33)19-8-5-6-18(12-19)15-34-24-11-10-21(27)13-23(24)29/h3-13H,14-15H2,1-2H3,(H,30,33). The lowest BCUT2D eigenvalue weighted by atomic mass is 10.1. The van der Waals surface area contributed by atoms with E-state index in [0.29, 0.717) is 33.8 Å². The number of aryl methyl sites for hydroxylation is 1. The molecule has 5 nitrogen and oxygen atoms in total. The van der Waals surface area contributed by atoms with Crippen LogP contribution in [-0.2, 0) is 13.2 Å². The number of aromatic nitrogens is 2. The van der Waals surface area contributed by atoms with Crippen LogP contribution in [0.25, 0.3) is 0 Å². The number of nitrogens with zero attached hydrogens (tertiary/aromatic N) is 2. The number of anilines is 1. The van der Waals surface area contributed by atoms with E-state index in [2.05, 4.69) is 10.4 Å². The molecular weight excluding hydrogens is 443 g/mol. The van der Waals surface area contributed by atoms with Crippen molar-refractivity contribution in [2.45, 2.75) is 27.0 Å². The van der Waals surface area contributed by atoms with Gasteiger partial charge in [0.05, 0.1) is 23.6 Å². The minimum absolute atomic E-state index is 0.00228. The van der Waals surface area contributed by atoms with Gasteiger partial charge in [-0.15, -0.1) is 0 Å². The fraction of sp³-hybridized carbons (Fsp3) is 0.154. The molecule has 3 aromatic carbocycles. The average Bonchev–Trinajstić information content (AvgIpc) is 3.07. The normalized spacial score (nSPS) is 10.9. The van der Waals surface area contributed by atoms with Crippen molar-refractivity contribution in [3.05, 3.63) is 112 Å². The summed E-state index contributed by atoms with van der Waals surface area (Å²) < 4.78 is 47.9. The third-order valence-corrected chi connectivity index (χ3v) is 5.38. The van der Waals surface area contributed by atoms with Gasteiger partial charge < -0.3 is 10.1 Å². The molecule has 0 saturated carbocycles. The van der Waals surface area contributed by atoms with Gasteiger partial charge in [0.15, 0.2) is 11.6 Å². The number of hydrogen-bond donors (Lipinski definition) is 1. The molecule has 4 aromatic rings. The quantitative estimate of drug-likeness (QED) is 0.376. The molecule has 4 rings (SSSR count). The summed E-state index contributed by atoms with van der Waals surface area (Å²) >= 11 is 0. The molecule has 0 saturated heterocycles. The maximum atomic E-state index is 14.0. The van der Waals surface area contributed by atoms with Crippen molar-refractivity contribution in [2.75, 3.05) is 5.32 Å². The van der Waals surface area contributed by atoms with E-state index in [1.165, 1.54) is 12.1 Å². The SMILES string of the molecule is Cc1nn(Cc2ccccc2F)c(C)c1NC(=O)c1cccc(COc2ccc(F)cc2F)c1. The fourth-order valence-electron chi connectivity index (χ4n) is 3.56. The molecule has 1 aromatic heterocycles. The van der Waals surface area contributed by atoms with Crippen molar-refractivity contribution < 1.29 is 22.7 Å². The molecule has 0 aliphatic heterocycles. The topological polar surface area (TPSA) is 56.2 Å². The van der Waals surface area contributed by atoms with E-state index >= 15 is 0 Å². The predicted molar refractivity (Wildman–Crippen MR) is 122 cm³/mol. The van der Waals surface area contributed by atoms with Gasteiger partial charge in [-0.25, -0.2) is 13.2 Å². The van der Waals surface area contributed by atoms with Crippen LogP contribution in [0.5, 0.6) is 5.75 Å². The van der Waals surface area contributed by atoms with Crippen LogP contribution in [0.15, 0.2) is 66.7 Å². The first-order valence-corrected chi connectivity index (χ1v) is 10.6. The molecule has 8 heteroatoms. The second-order valence-corrected chi connectivity index (χ2v) is 7.81. The number of hydrogen-bond acceptors (Lipinski definition) is 3. The Bertz CT molecular complexity index is 1350. The van der Waals surface area contributed by atoms with Crippen LogP contribution >= 0.6 is 0 Å². The van der Waals surface area contributed by atoms with Gasteiger partial charge in [0.25, 0.3) is 5.91 Å². The lowest BCUT2D eigenvalue weighted by Crippen LogP contribution is -2.14. The third kappa shape index (κ3) is 5.11. The zero-order valence-electron chi connectivity index (χ0n) is 18.6. The Balaban J connectivity index is 1.47. The van der Waals surface area contributed by atoms with E-state index in [0.717, 1.165) is 12.1 Å². The summed E-state index contributed by atoms with van der Waals surface area (Å²) in [4.78, 5) is 12.9. The number of ether oxygens (including phenoxy) is 1. The summed E-state index contributed by atoms with van der Waals surface area (Å²) in [6.45, 7) is 3.81. The molecule has 0 atom stereocenters. The summed E-state index contributed by atoms with van der Waals surface area (Å²) in [7, 11) is 0. The van der Waals surface area contributed by atoms with Crippen LogP contribution in [-0.4, -0.2) is 15.7 Å². The van der Waals surface area contributed by atoms with Crippen molar-refractivity contribution in [1.82, 2.24) is 9.78 Å². The number of carbonyl (C=O) groups excluding carboxylic acids is 1. The summed E-state index contributed by atoms with van der Waals surface area (Å²) in [5.41, 5.74) is 3.36. The van der Waals surface area contributed by atoms with Crippen LogP contribution in [0.2, 0.25) is 0 Å². The van der Waals surface area contributed by atoms with E-state index in [-0.39, 0.29) is 30.6 Å². The number of carbonyl (C=O) groups is 1. The van der Waals surface area contributed by atoms with E-state index < -0.39 is 11.6 Å². The molecule has 1 heterocycles. The Morgan fingerprint density at radius 1 is 0.971 bits per heavy atom. The predicted octanol–water partition coefficient (Wildman–Crippen LogP) is 5.80. The van der Waals surface area contributed by atoms with Crippen LogP contribution in [0.4, 0.5) is 18.9 Å². The minimum atomic E-state index is -0.799. The van der Waals surface area contributed by atoms with Gasteiger partial charge in [-0.2, -0.15) is 5.10 Å². The number of amides is 1. The van der Waals surface area contributed by atoms with Gasteiger partial charge in [0.2, 0.25) is 0 Å². The molecule has 0 aliphatic rings. The molecule has 1 amide bonds. The van der Waals surface area contributed by atoms with Gasteiger partial charge >= 0.3 is 0 Å². The summed E-state index contributed by atoms with van der Waals surface area (Å²) in [6.07, 6.45) is 0. The Kier molecular flexibility index (Phi) is 6.67. The minimum Gasteiger partial charge on any atom is -0.486 e. The van der Waals surface area contributed by atoms with Crippen LogP contribution in [0.1, 0.15) is 32.9 Å². The summed E-state index contributed by atoms with van der Waals surface area (Å²) in [5.74, 6) is -2.24. The van der Waals surface area contributed by atoms with Crippen molar-refractivity contribution >= 4 is 11.6 Å². The smallest absolute Gasteiger partial charge is 0.255 e. The molecular formula is C26H22F3N3O2. The lowest BCUT2D eigenvalue weighted by Gasteiger charge is -2.10. The molecule has 34 heavy (non-hydrogen) atoms. The third-order valence-electron chi connectivity index (χ3n) is 5.38. The molecule has 0 unspecified atom stereocenters. The van der Waals surface area contributed by atoms with Crippen LogP contribution in [0.3, 0.4) is 0 Å². The van der Waals surface area contributed by atoms with E-state index in [1.54, 1.807) is 61.0 Å². The first-order chi connectivity index (χ1) is 16.3. The Labute approximate surface area is 194 Å². The van der Waals surface area contributed by atoms with Crippen molar-refractivity contribution in [3.8, 4) is 5.75 Å². The van der Waals surface area contributed by atoms with Crippen molar-refractivity contribution in [2.24, 2.45) is 0 Å². The average molecular weight is 465 g/mol. The molecule has 174 valence electrons. The van der Waals surface area contributed by atoms with Crippen LogP contribution in [0, 0.1) is 31.3 Å². The summed E-state index contributed by atoms with van der Waals surface area (Å²) in [5, 5.41) is 7.31. The van der Waals surface area contributed by atoms with Crippen molar-refractivity contribution in [1.29, 1.82) is 0 Å². The molecule has 0 radical (unpaired) electrons. The Hall–Kier alpha value is -4.07. The second-order valence-electron chi connectivity index (χ2n) is 7.81. The fourth-order valence-corrected chi connectivity index (χ4v) is 3.56. The molecule has 1 N–H and O–H groups in total. The van der Waals surface area contributed by atoms with Gasteiger partial charge in [0.1, 0.15) is 18.2 Å². The molecule has 0 bridgehead atoms. The first kappa shape index (κ1) is 23.1. The second kappa shape index (κ2) is 9.82. The number of halogens is 3. The monoisotopic (exact) mass is 465 g/mol. The number of benzene rings is 3. The lowest BCUT2D eigenvalue weighted by molar-refractivity contribution is 0.102. The highest BCUT2D eigenvalue weighted by molar-refractivity contribution is 6.05. The number of nitrogens with one attached hydrogen (secondary N) is 1. The zero-order chi connectivity index (χ0) is 24.2. The highest BCUT2D eigenvalue weighted by Gasteiger charge is 2.17. The Morgan fingerprint density at radius 2 is 1.76 bits per heavy atom. The van der Waals surface area contributed by atoms with Gasteiger partial charge in [-0.05, 0) is 49.7 Å². The summed E-state index contributed by atoms with van der Waals surface area (Å²) in [6, 6.07) is 16.2. The molecule has 0 spiro atoms. The van der Waals surface area contributed by atoms with E-state index in [9.17, 15) is 18.0 Å². The maximum absolute atomic E-state index is 14.0. The van der Waals surface area contributed by atoms with E-state index in [1.807, 2.05) is 0 Å². The number of rotatable bonds is 7. The van der Waals surface area contributed by atoms with E-state index in [4.69, 9.17) is 4.74 Å². The molecule has 0 aliphatic carbocycles. The van der Waals surface area contributed by atoms with Crippen LogP contribution < -0.4 is 10.1 Å². The van der Waals surface area contributed by atoms with Gasteiger partial charge in [0, 0.05) is 17.2 Å². The Morgan fingerprint density at radius 3 is 2.53 bits per heavy atom. The molecule has 0 fully saturated rings. The first-order valence-electron chi connectivity index (χ1n) is 10.6. The highest BCUT2D eigenvalue weighted by Crippen LogP contribution is 2.23. The van der Waals surface area contributed by atoms with Crippen molar-refractivity contribution in [3.63, 3.8) is 0 Å². The maximum Gasteiger partial charge on any atom is 0.255 e.